The summed E-state index contributed by atoms with van der Waals surface area (Å²) in [4.78, 5) is 36.2. The summed E-state index contributed by atoms with van der Waals surface area (Å²) in [6, 6.07) is 0. The van der Waals surface area contributed by atoms with Crippen LogP contribution in [0, 0.1) is 5.41 Å². The van der Waals surface area contributed by atoms with Crippen LogP contribution in [-0.4, -0.2) is 55.8 Å². The van der Waals surface area contributed by atoms with E-state index < -0.39 is 23.4 Å². The van der Waals surface area contributed by atoms with E-state index in [1.165, 1.54) is 4.90 Å². The zero-order valence-corrected chi connectivity index (χ0v) is 14.7. The molecule has 7 nitrogen and oxygen atoms in total. The van der Waals surface area contributed by atoms with Crippen molar-refractivity contribution in [1.29, 1.82) is 0 Å². The van der Waals surface area contributed by atoms with Gasteiger partial charge in [0.05, 0.1) is 5.41 Å². The molecule has 0 aromatic heterocycles. The Kier molecular flexibility index (Phi) is 10.2. The van der Waals surface area contributed by atoms with Crippen molar-refractivity contribution in [2.45, 2.75) is 27.2 Å². The summed E-state index contributed by atoms with van der Waals surface area (Å²) in [5.41, 5.74) is -0.833. The van der Waals surface area contributed by atoms with Gasteiger partial charge in [-0.25, -0.2) is 14.4 Å². The molecule has 0 bridgehead atoms. The topological polar surface area (TPSA) is 82.1 Å². The molecule has 0 saturated heterocycles. The summed E-state index contributed by atoms with van der Waals surface area (Å²) in [5.74, 6) is -1.20. The predicted octanol–water partition coefficient (Wildman–Crippen LogP) is 2.32. The van der Waals surface area contributed by atoms with Gasteiger partial charge in [0.15, 0.2) is 0 Å². The first-order valence-electron chi connectivity index (χ1n) is 7.88. The lowest BCUT2D eigenvalue weighted by atomic mass is 9.88. The van der Waals surface area contributed by atoms with Gasteiger partial charge in [0.25, 0.3) is 0 Å². The third-order valence-electron chi connectivity index (χ3n) is 3.65. The van der Waals surface area contributed by atoms with E-state index in [-0.39, 0.29) is 19.8 Å². The van der Waals surface area contributed by atoms with E-state index in [0.717, 1.165) is 12.2 Å². The molecule has 0 saturated carbocycles. The molecule has 0 N–H and O–H groups in total. The highest BCUT2D eigenvalue weighted by Gasteiger charge is 2.34. The summed E-state index contributed by atoms with van der Waals surface area (Å²) in [5, 5.41) is 0. The first kappa shape index (κ1) is 21.7. The molecule has 0 aliphatic rings. The van der Waals surface area contributed by atoms with Crippen molar-refractivity contribution in [2.75, 3.05) is 32.9 Å². The number of esters is 2. The second-order valence-electron chi connectivity index (χ2n) is 5.20. The van der Waals surface area contributed by atoms with Gasteiger partial charge in [0.1, 0.15) is 19.8 Å². The van der Waals surface area contributed by atoms with Crippen LogP contribution in [0.3, 0.4) is 0 Å². The standard InChI is InChI=1S/C17H27NO6/c1-6-14(19)22-11-17(8-3,12-23-15(20)7-2)13-24-16(21)18(9-4)10-5/h6-7H,1-2,8-13H2,3-5H3. The molecule has 0 spiro atoms. The highest BCUT2D eigenvalue weighted by atomic mass is 16.6. The number of amides is 1. The van der Waals surface area contributed by atoms with E-state index in [0.29, 0.717) is 19.5 Å². The van der Waals surface area contributed by atoms with Crippen LogP contribution < -0.4 is 0 Å². The molecule has 0 rings (SSSR count). The van der Waals surface area contributed by atoms with E-state index in [1.807, 2.05) is 20.8 Å². The molecule has 0 fully saturated rings. The van der Waals surface area contributed by atoms with E-state index >= 15 is 0 Å². The van der Waals surface area contributed by atoms with Crippen LogP contribution >= 0.6 is 0 Å². The molecule has 0 atom stereocenters. The maximum Gasteiger partial charge on any atom is 0.409 e. The Hall–Kier alpha value is -2.31. The smallest absolute Gasteiger partial charge is 0.409 e. The molecule has 0 aliphatic heterocycles. The van der Waals surface area contributed by atoms with E-state index in [1.54, 1.807) is 0 Å². The van der Waals surface area contributed by atoms with E-state index in [4.69, 9.17) is 14.2 Å². The number of hydrogen-bond donors (Lipinski definition) is 0. The molecule has 1 amide bonds. The second-order valence-corrected chi connectivity index (χ2v) is 5.20. The Morgan fingerprint density at radius 3 is 1.62 bits per heavy atom. The molecule has 136 valence electrons. The molecule has 0 radical (unpaired) electrons. The maximum absolute atomic E-state index is 12.0. The van der Waals surface area contributed by atoms with Crippen molar-refractivity contribution in [3.63, 3.8) is 0 Å². The molecular formula is C17H27NO6. The van der Waals surface area contributed by atoms with Crippen molar-refractivity contribution in [3.05, 3.63) is 25.3 Å². The third-order valence-corrected chi connectivity index (χ3v) is 3.65. The van der Waals surface area contributed by atoms with Crippen LogP contribution in [0.15, 0.2) is 25.3 Å². The summed E-state index contributed by atoms with van der Waals surface area (Å²) in [6.45, 7) is 13.0. The highest BCUT2D eigenvalue weighted by molar-refractivity contribution is 5.81. The largest absolute Gasteiger partial charge is 0.462 e. The molecule has 0 aromatic rings. The van der Waals surface area contributed by atoms with Crippen LogP contribution in [0.25, 0.3) is 0 Å². The molecular weight excluding hydrogens is 314 g/mol. The summed E-state index contributed by atoms with van der Waals surface area (Å²) < 4.78 is 15.5. The van der Waals surface area contributed by atoms with E-state index in [2.05, 4.69) is 13.2 Å². The number of carbonyl (C=O) groups is 3. The molecule has 24 heavy (non-hydrogen) atoms. The summed E-state index contributed by atoms with van der Waals surface area (Å²) in [7, 11) is 0. The van der Waals surface area contributed by atoms with Crippen LogP contribution in [0.2, 0.25) is 0 Å². The third kappa shape index (κ3) is 7.30. The van der Waals surface area contributed by atoms with Gasteiger partial charge in [-0.1, -0.05) is 20.1 Å². The number of rotatable bonds is 11. The summed E-state index contributed by atoms with van der Waals surface area (Å²) in [6.07, 6.45) is 2.08. The molecule has 0 aliphatic carbocycles. The van der Waals surface area contributed by atoms with Gasteiger partial charge in [-0.15, -0.1) is 0 Å². The lowest BCUT2D eigenvalue weighted by molar-refractivity contribution is -0.150. The maximum atomic E-state index is 12.0. The zero-order valence-electron chi connectivity index (χ0n) is 14.7. The van der Waals surface area contributed by atoms with Crippen molar-refractivity contribution in [3.8, 4) is 0 Å². The zero-order chi connectivity index (χ0) is 18.6. The van der Waals surface area contributed by atoms with Crippen molar-refractivity contribution in [1.82, 2.24) is 4.90 Å². The Morgan fingerprint density at radius 1 is 0.875 bits per heavy atom. The quantitative estimate of drug-likeness (QED) is 0.326. The fourth-order valence-electron chi connectivity index (χ4n) is 1.79. The van der Waals surface area contributed by atoms with Gasteiger partial charge in [-0.05, 0) is 20.3 Å². The van der Waals surface area contributed by atoms with Crippen LogP contribution in [0.4, 0.5) is 4.79 Å². The van der Waals surface area contributed by atoms with Gasteiger partial charge in [0, 0.05) is 25.2 Å². The Labute approximate surface area is 143 Å². The van der Waals surface area contributed by atoms with Crippen molar-refractivity contribution >= 4 is 18.0 Å². The van der Waals surface area contributed by atoms with Gasteiger partial charge < -0.3 is 19.1 Å². The monoisotopic (exact) mass is 341 g/mol. The van der Waals surface area contributed by atoms with Crippen LogP contribution in [0.5, 0.6) is 0 Å². The lowest BCUT2D eigenvalue weighted by Crippen LogP contribution is -2.41. The van der Waals surface area contributed by atoms with Crippen molar-refractivity contribution in [2.24, 2.45) is 5.41 Å². The fourth-order valence-corrected chi connectivity index (χ4v) is 1.79. The first-order chi connectivity index (χ1) is 11.4. The van der Waals surface area contributed by atoms with Gasteiger partial charge in [-0.2, -0.15) is 0 Å². The summed E-state index contributed by atoms with van der Waals surface area (Å²) >= 11 is 0. The Balaban J connectivity index is 5.01. The minimum absolute atomic E-state index is 0.0479. The highest BCUT2D eigenvalue weighted by Crippen LogP contribution is 2.24. The van der Waals surface area contributed by atoms with Gasteiger partial charge in [-0.3, -0.25) is 0 Å². The fraction of sp³-hybridized carbons (Fsp3) is 0.588. The average molecular weight is 341 g/mol. The first-order valence-corrected chi connectivity index (χ1v) is 7.88. The molecule has 0 aromatic carbocycles. The average Bonchev–Trinajstić information content (AvgIpc) is 2.61. The van der Waals surface area contributed by atoms with Crippen LogP contribution in [0.1, 0.15) is 27.2 Å². The predicted molar refractivity (Wildman–Crippen MR) is 89.3 cm³/mol. The minimum Gasteiger partial charge on any atom is -0.462 e. The Bertz CT molecular complexity index is 432. The Morgan fingerprint density at radius 2 is 1.29 bits per heavy atom. The minimum atomic E-state index is -0.833. The molecule has 7 heteroatoms. The second kappa shape index (κ2) is 11.3. The van der Waals surface area contributed by atoms with Crippen LogP contribution in [-0.2, 0) is 23.8 Å². The number of ether oxygens (including phenoxy) is 3. The SMILES string of the molecule is C=CC(=O)OCC(CC)(COC(=O)C=C)COC(=O)N(CC)CC. The van der Waals surface area contributed by atoms with E-state index in [9.17, 15) is 14.4 Å². The number of hydrogen-bond acceptors (Lipinski definition) is 6. The number of carbonyl (C=O) groups excluding carboxylic acids is 3. The lowest BCUT2D eigenvalue weighted by Gasteiger charge is -2.31. The van der Waals surface area contributed by atoms with Gasteiger partial charge >= 0.3 is 18.0 Å². The molecule has 0 unspecified atom stereocenters. The number of nitrogens with zero attached hydrogens (tertiary/aromatic N) is 1. The normalized spacial score (nSPS) is 10.5. The van der Waals surface area contributed by atoms with Crippen molar-refractivity contribution < 1.29 is 28.6 Å². The molecule has 0 heterocycles. The van der Waals surface area contributed by atoms with Gasteiger partial charge in [0.2, 0.25) is 0 Å².